The maximum absolute atomic E-state index is 9.22. The largest absolute Gasteiger partial charge is 0.198 e. The first-order valence-electron chi connectivity index (χ1n) is 5.92. The summed E-state index contributed by atoms with van der Waals surface area (Å²) < 4.78 is 0. The molecule has 0 fully saturated rings. The molecule has 0 N–H and O–H groups in total. The van der Waals surface area contributed by atoms with Crippen molar-refractivity contribution in [1.82, 2.24) is 0 Å². The SMILES string of the molecule is CCC(CC)C(C#N)C1=CCCCC1. The lowest BCUT2D eigenvalue weighted by molar-refractivity contribution is 0.403. The zero-order valence-corrected chi connectivity index (χ0v) is 9.42. The van der Waals surface area contributed by atoms with Crippen LogP contribution in [0.2, 0.25) is 0 Å². The predicted octanol–water partition coefficient (Wildman–Crippen LogP) is 4.06. The Bertz CT molecular complexity index is 230. The molecule has 0 saturated heterocycles. The molecular formula is C13H21N. The van der Waals surface area contributed by atoms with Gasteiger partial charge in [0.15, 0.2) is 0 Å². The molecule has 0 aliphatic heterocycles. The van der Waals surface area contributed by atoms with Crippen LogP contribution in [0.1, 0.15) is 52.4 Å². The van der Waals surface area contributed by atoms with Crippen LogP contribution in [0.4, 0.5) is 0 Å². The summed E-state index contributed by atoms with van der Waals surface area (Å²) in [6.45, 7) is 4.39. The summed E-state index contributed by atoms with van der Waals surface area (Å²) in [7, 11) is 0. The van der Waals surface area contributed by atoms with Crippen LogP contribution < -0.4 is 0 Å². The first-order chi connectivity index (χ1) is 6.83. The van der Waals surface area contributed by atoms with E-state index in [1.165, 1.54) is 24.8 Å². The monoisotopic (exact) mass is 191 g/mol. The van der Waals surface area contributed by atoms with Gasteiger partial charge in [-0.1, -0.05) is 38.3 Å². The fraction of sp³-hybridized carbons (Fsp3) is 0.769. The van der Waals surface area contributed by atoms with Crippen LogP contribution >= 0.6 is 0 Å². The van der Waals surface area contributed by atoms with Crippen molar-refractivity contribution in [3.63, 3.8) is 0 Å². The van der Waals surface area contributed by atoms with Crippen LogP contribution in [-0.2, 0) is 0 Å². The smallest absolute Gasteiger partial charge is 0.0703 e. The van der Waals surface area contributed by atoms with Crippen molar-refractivity contribution in [2.24, 2.45) is 11.8 Å². The summed E-state index contributed by atoms with van der Waals surface area (Å²) in [5.41, 5.74) is 1.42. The van der Waals surface area contributed by atoms with Crippen LogP contribution in [0, 0.1) is 23.2 Å². The van der Waals surface area contributed by atoms with Crippen LogP contribution in [-0.4, -0.2) is 0 Å². The zero-order valence-electron chi connectivity index (χ0n) is 9.42. The van der Waals surface area contributed by atoms with Crippen LogP contribution in [0.3, 0.4) is 0 Å². The Morgan fingerprint density at radius 3 is 2.50 bits per heavy atom. The topological polar surface area (TPSA) is 23.8 Å². The third-order valence-electron chi connectivity index (χ3n) is 3.38. The third-order valence-corrected chi connectivity index (χ3v) is 3.38. The van der Waals surface area contributed by atoms with Crippen molar-refractivity contribution in [2.45, 2.75) is 52.4 Å². The second-order valence-electron chi connectivity index (χ2n) is 4.21. The Morgan fingerprint density at radius 2 is 2.07 bits per heavy atom. The lowest BCUT2D eigenvalue weighted by atomic mass is 9.79. The van der Waals surface area contributed by atoms with Crippen molar-refractivity contribution in [3.05, 3.63) is 11.6 Å². The van der Waals surface area contributed by atoms with E-state index in [1.54, 1.807) is 0 Å². The molecule has 1 heteroatoms. The van der Waals surface area contributed by atoms with Crippen molar-refractivity contribution in [2.75, 3.05) is 0 Å². The second-order valence-corrected chi connectivity index (χ2v) is 4.21. The van der Waals surface area contributed by atoms with E-state index in [4.69, 9.17) is 0 Å². The van der Waals surface area contributed by atoms with E-state index < -0.39 is 0 Å². The molecule has 1 aliphatic rings. The van der Waals surface area contributed by atoms with E-state index in [-0.39, 0.29) is 5.92 Å². The lowest BCUT2D eigenvalue weighted by Gasteiger charge is -2.24. The van der Waals surface area contributed by atoms with Gasteiger partial charge in [-0.25, -0.2) is 0 Å². The minimum atomic E-state index is 0.199. The van der Waals surface area contributed by atoms with Gasteiger partial charge in [0.25, 0.3) is 0 Å². The average Bonchev–Trinajstić information content (AvgIpc) is 2.27. The summed E-state index contributed by atoms with van der Waals surface area (Å²) in [6, 6.07) is 2.51. The van der Waals surface area contributed by atoms with Gasteiger partial charge in [0, 0.05) is 0 Å². The van der Waals surface area contributed by atoms with E-state index >= 15 is 0 Å². The Morgan fingerprint density at radius 1 is 1.36 bits per heavy atom. The number of nitriles is 1. The molecule has 1 aliphatic carbocycles. The van der Waals surface area contributed by atoms with Gasteiger partial charge < -0.3 is 0 Å². The standard InChI is InChI=1S/C13H21N/c1-3-11(4-2)13(10-14)12-8-6-5-7-9-12/h8,11,13H,3-7,9H2,1-2H3. The zero-order chi connectivity index (χ0) is 10.4. The van der Waals surface area contributed by atoms with E-state index in [2.05, 4.69) is 26.0 Å². The maximum atomic E-state index is 9.22. The Labute approximate surface area is 87.8 Å². The highest BCUT2D eigenvalue weighted by Crippen LogP contribution is 2.31. The maximum Gasteiger partial charge on any atom is 0.0703 e. The number of allylic oxidation sites excluding steroid dienone is 2. The van der Waals surface area contributed by atoms with Gasteiger partial charge in [-0.3, -0.25) is 0 Å². The van der Waals surface area contributed by atoms with E-state index in [1.807, 2.05) is 0 Å². The summed E-state index contributed by atoms with van der Waals surface area (Å²) in [4.78, 5) is 0. The predicted molar refractivity (Wildman–Crippen MR) is 59.7 cm³/mol. The third kappa shape index (κ3) is 2.61. The second kappa shape index (κ2) is 5.86. The van der Waals surface area contributed by atoms with Gasteiger partial charge in [-0.15, -0.1) is 0 Å². The fourth-order valence-electron chi connectivity index (χ4n) is 2.40. The van der Waals surface area contributed by atoms with Gasteiger partial charge >= 0.3 is 0 Å². The molecule has 0 saturated carbocycles. The van der Waals surface area contributed by atoms with Crippen LogP contribution in [0.5, 0.6) is 0 Å². The highest BCUT2D eigenvalue weighted by Gasteiger charge is 2.22. The number of rotatable bonds is 4. The fourth-order valence-corrected chi connectivity index (χ4v) is 2.40. The normalized spacial score (nSPS) is 18.9. The van der Waals surface area contributed by atoms with Crippen LogP contribution in [0.15, 0.2) is 11.6 Å². The molecule has 0 aromatic heterocycles. The Kier molecular flexibility index (Phi) is 4.73. The molecule has 0 aromatic carbocycles. The molecular weight excluding hydrogens is 170 g/mol. The molecule has 1 atom stereocenters. The van der Waals surface area contributed by atoms with Crippen LogP contribution in [0.25, 0.3) is 0 Å². The quantitative estimate of drug-likeness (QED) is 0.615. The molecule has 1 rings (SSSR count). The molecule has 14 heavy (non-hydrogen) atoms. The highest BCUT2D eigenvalue weighted by atomic mass is 14.3. The number of nitrogens with zero attached hydrogens (tertiary/aromatic N) is 1. The minimum absolute atomic E-state index is 0.199. The average molecular weight is 191 g/mol. The number of hydrogen-bond donors (Lipinski definition) is 0. The molecule has 1 nitrogen and oxygen atoms in total. The summed E-state index contributed by atoms with van der Waals surface area (Å²) in [5.74, 6) is 0.773. The highest BCUT2D eigenvalue weighted by molar-refractivity contribution is 5.17. The Hall–Kier alpha value is -0.770. The summed E-state index contributed by atoms with van der Waals surface area (Å²) in [6.07, 6.45) is 9.52. The molecule has 1 unspecified atom stereocenters. The Balaban J connectivity index is 2.69. The van der Waals surface area contributed by atoms with E-state index in [0.29, 0.717) is 5.92 Å². The van der Waals surface area contributed by atoms with Gasteiger partial charge in [0.1, 0.15) is 0 Å². The van der Waals surface area contributed by atoms with Crippen molar-refractivity contribution < 1.29 is 0 Å². The van der Waals surface area contributed by atoms with Gasteiger partial charge in [0.2, 0.25) is 0 Å². The van der Waals surface area contributed by atoms with Gasteiger partial charge in [-0.05, 0) is 31.6 Å². The molecule has 0 amide bonds. The molecule has 78 valence electrons. The summed E-state index contributed by atoms with van der Waals surface area (Å²) in [5, 5.41) is 9.22. The van der Waals surface area contributed by atoms with Gasteiger partial charge in [0.05, 0.1) is 12.0 Å². The minimum Gasteiger partial charge on any atom is -0.198 e. The van der Waals surface area contributed by atoms with Crippen molar-refractivity contribution in [1.29, 1.82) is 5.26 Å². The van der Waals surface area contributed by atoms with Crippen molar-refractivity contribution >= 4 is 0 Å². The summed E-state index contributed by atoms with van der Waals surface area (Å²) >= 11 is 0. The molecule has 0 heterocycles. The number of hydrogen-bond acceptors (Lipinski definition) is 1. The first-order valence-corrected chi connectivity index (χ1v) is 5.92. The van der Waals surface area contributed by atoms with E-state index in [0.717, 1.165) is 19.3 Å². The molecule has 0 aromatic rings. The van der Waals surface area contributed by atoms with Gasteiger partial charge in [-0.2, -0.15) is 5.26 Å². The van der Waals surface area contributed by atoms with Crippen molar-refractivity contribution in [3.8, 4) is 6.07 Å². The molecule has 0 radical (unpaired) electrons. The molecule has 0 spiro atoms. The van der Waals surface area contributed by atoms with E-state index in [9.17, 15) is 5.26 Å². The lowest BCUT2D eigenvalue weighted by Crippen LogP contribution is -2.15. The molecule has 0 bridgehead atoms. The first kappa shape index (κ1) is 11.3.